The molecule has 0 radical (unpaired) electrons. The summed E-state index contributed by atoms with van der Waals surface area (Å²) < 4.78 is 2.38. The van der Waals surface area contributed by atoms with Crippen LogP contribution in [-0.2, 0) is 5.41 Å². The van der Waals surface area contributed by atoms with Gasteiger partial charge in [0.15, 0.2) is 0 Å². The van der Waals surface area contributed by atoms with Crippen LogP contribution in [0.3, 0.4) is 0 Å². The second-order valence-electron chi connectivity index (χ2n) is 16.2. The number of rotatable bonds is 7. The van der Waals surface area contributed by atoms with Crippen LogP contribution in [0.1, 0.15) is 25.0 Å². The Morgan fingerprint density at radius 1 is 0.339 bits per heavy atom. The van der Waals surface area contributed by atoms with Crippen molar-refractivity contribution in [3.05, 3.63) is 230 Å². The second kappa shape index (κ2) is 13.9. The van der Waals surface area contributed by atoms with Gasteiger partial charge >= 0.3 is 0 Å². The Labute approximate surface area is 345 Å². The Morgan fingerprint density at radius 2 is 0.763 bits per heavy atom. The summed E-state index contributed by atoms with van der Waals surface area (Å²) in [6.45, 7) is 4.76. The van der Waals surface area contributed by atoms with Gasteiger partial charge in [0.05, 0.1) is 11.0 Å². The molecule has 0 unspecified atom stereocenters. The van der Waals surface area contributed by atoms with Crippen molar-refractivity contribution in [3.63, 3.8) is 0 Å². The van der Waals surface area contributed by atoms with E-state index in [0.29, 0.717) is 0 Å². The van der Waals surface area contributed by atoms with Crippen LogP contribution in [0.15, 0.2) is 218 Å². The van der Waals surface area contributed by atoms with E-state index >= 15 is 0 Å². The molecule has 280 valence electrons. The van der Waals surface area contributed by atoms with Crippen LogP contribution in [0.25, 0.3) is 72.0 Å². The monoisotopic (exact) mass is 754 g/mol. The molecule has 11 rings (SSSR count). The summed E-state index contributed by atoms with van der Waals surface area (Å²) >= 11 is 0. The van der Waals surface area contributed by atoms with E-state index in [0.717, 1.165) is 17.1 Å². The van der Waals surface area contributed by atoms with Crippen LogP contribution in [-0.4, -0.2) is 4.57 Å². The highest BCUT2D eigenvalue weighted by Crippen LogP contribution is 2.52. The lowest BCUT2D eigenvalue weighted by atomic mass is 9.81. The van der Waals surface area contributed by atoms with Gasteiger partial charge in [-0.2, -0.15) is 0 Å². The van der Waals surface area contributed by atoms with E-state index in [1.807, 2.05) is 0 Å². The minimum Gasteiger partial charge on any atom is -0.310 e. The topological polar surface area (TPSA) is 8.17 Å². The Kier molecular flexibility index (Phi) is 8.20. The molecule has 1 aliphatic rings. The van der Waals surface area contributed by atoms with Gasteiger partial charge in [0.25, 0.3) is 0 Å². The van der Waals surface area contributed by atoms with Gasteiger partial charge in [0.2, 0.25) is 0 Å². The summed E-state index contributed by atoms with van der Waals surface area (Å²) in [5.41, 5.74) is 19.3. The largest absolute Gasteiger partial charge is 0.310 e. The fourth-order valence-electron chi connectivity index (χ4n) is 9.41. The summed E-state index contributed by atoms with van der Waals surface area (Å²) in [5, 5.41) is 2.56. The Hall–Kier alpha value is -7.42. The van der Waals surface area contributed by atoms with E-state index in [2.05, 4.69) is 242 Å². The molecule has 0 spiro atoms. The summed E-state index contributed by atoms with van der Waals surface area (Å²) in [4.78, 5) is 2.42. The highest BCUT2D eigenvalue weighted by Gasteiger charge is 2.36. The van der Waals surface area contributed by atoms with Gasteiger partial charge in [-0.05, 0) is 122 Å². The third-order valence-corrected chi connectivity index (χ3v) is 12.4. The Morgan fingerprint density at radius 3 is 1.34 bits per heavy atom. The van der Waals surface area contributed by atoms with E-state index in [4.69, 9.17) is 0 Å². The molecule has 59 heavy (non-hydrogen) atoms. The summed E-state index contributed by atoms with van der Waals surface area (Å²) in [5.74, 6) is 0. The lowest BCUT2D eigenvalue weighted by molar-refractivity contribution is 0.660. The van der Waals surface area contributed by atoms with Crippen LogP contribution < -0.4 is 4.90 Å². The van der Waals surface area contributed by atoms with Crippen LogP contribution >= 0.6 is 0 Å². The van der Waals surface area contributed by atoms with Gasteiger partial charge in [-0.25, -0.2) is 0 Å². The third kappa shape index (κ3) is 5.87. The number of fused-ring (bicyclic) bond motifs is 6. The number of aromatic nitrogens is 1. The minimum atomic E-state index is -0.205. The second-order valence-corrected chi connectivity index (χ2v) is 16.2. The molecule has 1 aromatic heterocycles. The van der Waals surface area contributed by atoms with Crippen molar-refractivity contribution < 1.29 is 0 Å². The number of nitrogens with zero attached hydrogens (tertiary/aromatic N) is 2. The molecule has 0 bridgehead atoms. The molecule has 0 saturated carbocycles. The maximum absolute atomic E-state index is 2.43. The van der Waals surface area contributed by atoms with Crippen molar-refractivity contribution in [3.8, 4) is 50.2 Å². The minimum absolute atomic E-state index is 0.205. The van der Waals surface area contributed by atoms with E-state index in [9.17, 15) is 0 Å². The average molecular weight is 755 g/mol. The first-order chi connectivity index (χ1) is 29.0. The lowest BCUT2D eigenvalue weighted by Crippen LogP contribution is -2.16. The molecule has 0 atom stereocenters. The fourth-order valence-corrected chi connectivity index (χ4v) is 9.41. The SMILES string of the molecule is CC1(C)c2cc(-c3ccc(-n4c5ccccc5c5ccccc54)cc3)ccc2-c2ccc(N(c3cccc(-c4ccccc4)c3)c3cccc(-c4ccccc4)c3)cc21. The van der Waals surface area contributed by atoms with Crippen LogP contribution in [0.4, 0.5) is 17.1 Å². The van der Waals surface area contributed by atoms with E-state index in [-0.39, 0.29) is 5.41 Å². The van der Waals surface area contributed by atoms with Crippen molar-refractivity contribution in [1.82, 2.24) is 4.57 Å². The molecule has 0 saturated heterocycles. The predicted octanol–water partition coefficient (Wildman–Crippen LogP) is 15.6. The summed E-state index contributed by atoms with van der Waals surface area (Å²) in [7, 11) is 0. The molecule has 0 amide bonds. The van der Waals surface area contributed by atoms with Gasteiger partial charge in [0.1, 0.15) is 0 Å². The smallest absolute Gasteiger partial charge is 0.0541 e. The van der Waals surface area contributed by atoms with Gasteiger partial charge in [-0.3, -0.25) is 0 Å². The molecule has 2 nitrogen and oxygen atoms in total. The maximum Gasteiger partial charge on any atom is 0.0541 e. The van der Waals surface area contributed by atoms with Gasteiger partial charge in [-0.1, -0.05) is 166 Å². The van der Waals surface area contributed by atoms with Gasteiger partial charge in [-0.15, -0.1) is 0 Å². The first kappa shape index (κ1) is 34.8. The summed E-state index contributed by atoms with van der Waals surface area (Å²) in [6.07, 6.45) is 0. The third-order valence-electron chi connectivity index (χ3n) is 12.4. The normalized spacial score (nSPS) is 12.7. The Bertz CT molecular complexity index is 3040. The van der Waals surface area contributed by atoms with Crippen molar-refractivity contribution in [1.29, 1.82) is 0 Å². The van der Waals surface area contributed by atoms with Crippen molar-refractivity contribution >= 4 is 38.9 Å². The highest BCUT2D eigenvalue weighted by molar-refractivity contribution is 6.09. The summed E-state index contributed by atoms with van der Waals surface area (Å²) in [6, 6.07) is 79.8. The van der Waals surface area contributed by atoms with Gasteiger partial charge < -0.3 is 9.47 Å². The molecule has 0 aliphatic heterocycles. The molecule has 1 heterocycles. The molecule has 2 heteroatoms. The van der Waals surface area contributed by atoms with Gasteiger partial charge in [0, 0.05) is 38.9 Å². The molecule has 1 aliphatic carbocycles. The number of hydrogen-bond acceptors (Lipinski definition) is 1. The van der Waals surface area contributed by atoms with E-state index in [1.54, 1.807) is 0 Å². The van der Waals surface area contributed by atoms with Crippen LogP contribution in [0.2, 0.25) is 0 Å². The number of para-hydroxylation sites is 2. The standard InChI is InChI=1S/C57H42N2/c1-57(2)53-37-44(41-27-30-45(31-28-41)59-55-25-11-9-23-51(55)52-24-10-12-26-56(52)59)29-33-49(53)50-34-32-48(38-54(50)57)58(46-21-13-19-42(35-46)39-15-5-3-6-16-39)47-22-14-20-43(36-47)40-17-7-4-8-18-40/h3-38H,1-2H3. The Balaban J connectivity index is 0.976. The zero-order chi connectivity index (χ0) is 39.5. The van der Waals surface area contributed by atoms with Crippen LogP contribution in [0, 0.1) is 0 Å². The van der Waals surface area contributed by atoms with Crippen molar-refractivity contribution in [2.45, 2.75) is 19.3 Å². The molecule has 10 aromatic rings. The molecular formula is C57H42N2. The van der Waals surface area contributed by atoms with Crippen LogP contribution in [0.5, 0.6) is 0 Å². The van der Waals surface area contributed by atoms with Crippen molar-refractivity contribution in [2.75, 3.05) is 4.90 Å². The first-order valence-electron chi connectivity index (χ1n) is 20.5. The number of anilines is 3. The fraction of sp³-hybridized carbons (Fsp3) is 0.0526. The average Bonchev–Trinajstić information content (AvgIpc) is 3.75. The molecular weight excluding hydrogens is 713 g/mol. The lowest BCUT2D eigenvalue weighted by Gasteiger charge is -2.29. The quantitative estimate of drug-likeness (QED) is 0.157. The van der Waals surface area contributed by atoms with E-state index in [1.165, 1.54) is 83.1 Å². The number of benzene rings is 9. The van der Waals surface area contributed by atoms with E-state index < -0.39 is 0 Å². The maximum atomic E-state index is 2.43. The zero-order valence-electron chi connectivity index (χ0n) is 33.2. The first-order valence-corrected chi connectivity index (χ1v) is 20.5. The predicted molar refractivity (Wildman–Crippen MR) is 249 cm³/mol. The number of hydrogen-bond donors (Lipinski definition) is 0. The highest BCUT2D eigenvalue weighted by atomic mass is 15.1. The molecule has 9 aromatic carbocycles. The zero-order valence-corrected chi connectivity index (χ0v) is 33.2. The molecule has 0 fully saturated rings. The van der Waals surface area contributed by atoms with Crippen molar-refractivity contribution in [2.24, 2.45) is 0 Å². The molecule has 0 N–H and O–H groups in total.